The van der Waals surface area contributed by atoms with Gasteiger partial charge in [0.2, 0.25) is 0 Å². The molecular weight excluding hydrogens is 218 g/mol. The van der Waals surface area contributed by atoms with Crippen molar-refractivity contribution in [2.24, 2.45) is 10.9 Å². The molecule has 0 heterocycles. The van der Waals surface area contributed by atoms with E-state index in [0.29, 0.717) is 12.1 Å². The van der Waals surface area contributed by atoms with Crippen LogP contribution in [0.15, 0.2) is 29.4 Å². The molecule has 4 N–H and O–H groups in total. The van der Waals surface area contributed by atoms with E-state index in [1.807, 2.05) is 36.9 Å². The molecule has 0 saturated heterocycles. The summed E-state index contributed by atoms with van der Waals surface area (Å²) < 4.78 is 0. The van der Waals surface area contributed by atoms with Crippen LogP contribution in [0.4, 0.5) is 5.69 Å². The average Bonchev–Trinajstić information content (AvgIpc) is 2.34. The second kappa shape index (κ2) is 6.10. The van der Waals surface area contributed by atoms with Crippen LogP contribution in [0.3, 0.4) is 0 Å². The number of aliphatic hydroxyl groups excluding tert-OH is 1. The molecule has 0 atom stereocenters. The second-order valence-electron chi connectivity index (χ2n) is 4.01. The molecule has 0 aliphatic heterocycles. The van der Waals surface area contributed by atoms with Gasteiger partial charge in [0.05, 0.1) is 6.61 Å². The Bertz CT molecular complexity index is 391. The Labute approximate surface area is 101 Å². The Morgan fingerprint density at radius 3 is 2.59 bits per heavy atom. The number of rotatable bonds is 5. The topological polar surface area (TPSA) is 82.1 Å². The third-order valence-corrected chi connectivity index (χ3v) is 2.56. The summed E-state index contributed by atoms with van der Waals surface area (Å²) in [4.78, 5) is 2.01. The van der Waals surface area contributed by atoms with Crippen LogP contribution in [0, 0.1) is 0 Å². The van der Waals surface area contributed by atoms with Crippen molar-refractivity contribution in [3.63, 3.8) is 0 Å². The molecular formula is C12H19N3O2. The van der Waals surface area contributed by atoms with Crippen LogP contribution in [-0.2, 0) is 0 Å². The molecule has 1 aromatic rings. The van der Waals surface area contributed by atoms with Gasteiger partial charge in [-0.1, -0.05) is 17.3 Å². The van der Waals surface area contributed by atoms with Crippen molar-refractivity contribution in [3.8, 4) is 0 Å². The lowest BCUT2D eigenvalue weighted by molar-refractivity contribution is 0.299. The number of amidine groups is 1. The Balaban J connectivity index is 3.18. The van der Waals surface area contributed by atoms with E-state index >= 15 is 0 Å². The van der Waals surface area contributed by atoms with Gasteiger partial charge in [-0.15, -0.1) is 0 Å². The fourth-order valence-corrected chi connectivity index (χ4v) is 1.76. The first-order valence-corrected chi connectivity index (χ1v) is 5.56. The normalized spacial score (nSPS) is 11.9. The SMILES string of the molecule is CC(C)N(CCO)c1ccccc1/C(N)=N/O. The molecule has 0 radical (unpaired) electrons. The molecule has 0 spiro atoms. The number of para-hydroxylation sites is 1. The van der Waals surface area contributed by atoms with Gasteiger partial charge in [0.1, 0.15) is 0 Å². The zero-order chi connectivity index (χ0) is 12.8. The maximum Gasteiger partial charge on any atom is 0.172 e. The van der Waals surface area contributed by atoms with Gasteiger partial charge in [-0.25, -0.2) is 0 Å². The summed E-state index contributed by atoms with van der Waals surface area (Å²) in [6.07, 6.45) is 0. The number of aliphatic hydroxyl groups is 1. The van der Waals surface area contributed by atoms with Crippen LogP contribution >= 0.6 is 0 Å². The van der Waals surface area contributed by atoms with Crippen LogP contribution in [-0.4, -0.2) is 35.3 Å². The summed E-state index contributed by atoms with van der Waals surface area (Å²) in [7, 11) is 0. The number of benzene rings is 1. The van der Waals surface area contributed by atoms with Gasteiger partial charge in [-0.05, 0) is 26.0 Å². The highest BCUT2D eigenvalue weighted by Gasteiger charge is 2.15. The van der Waals surface area contributed by atoms with Crippen molar-refractivity contribution in [2.45, 2.75) is 19.9 Å². The summed E-state index contributed by atoms with van der Waals surface area (Å²) in [6.45, 7) is 4.62. The Kier molecular flexibility index (Phi) is 4.78. The van der Waals surface area contributed by atoms with Crippen molar-refractivity contribution < 1.29 is 10.3 Å². The highest BCUT2D eigenvalue weighted by Crippen LogP contribution is 2.22. The van der Waals surface area contributed by atoms with E-state index in [9.17, 15) is 0 Å². The molecule has 0 amide bonds. The number of oxime groups is 1. The van der Waals surface area contributed by atoms with Gasteiger partial charge in [0.15, 0.2) is 5.84 Å². The summed E-state index contributed by atoms with van der Waals surface area (Å²) in [5.41, 5.74) is 7.16. The number of hydrogen-bond donors (Lipinski definition) is 3. The predicted octanol–water partition coefficient (Wildman–Crippen LogP) is 0.988. The first-order chi connectivity index (χ1) is 8.11. The van der Waals surface area contributed by atoms with Crippen LogP contribution in [0.2, 0.25) is 0 Å². The molecule has 0 aliphatic rings. The molecule has 17 heavy (non-hydrogen) atoms. The molecule has 0 aliphatic carbocycles. The summed E-state index contributed by atoms with van der Waals surface area (Å²) in [5.74, 6) is 0.0733. The largest absolute Gasteiger partial charge is 0.409 e. The molecule has 5 nitrogen and oxygen atoms in total. The standard InChI is InChI=1S/C12H19N3O2/c1-9(2)15(7-8-16)11-6-4-3-5-10(11)12(13)14-17/h3-6,9,16-17H,7-8H2,1-2H3,(H2,13,14). The zero-order valence-corrected chi connectivity index (χ0v) is 10.2. The van der Waals surface area contributed by atoms with E-state index in [4.69, 9.17) is 16.0 Å². The smallest absolute Gasteiger partial charge is 0.172 e. The Morgan fingerprint density at radius 1 is 1.41 bits per heavy atom. The third-order valence-electron chi connectivity index (χ3n) is 2.56. The zero-order valence-electron chi connectivity index (χ0n) is 10.2. The molecule has 5 heteroatoms. The van der Waals surface area contributed by atoms with E-state index in [0.717, 1.165) is 5.69 Å². The minimum absolute atomic E-state index is 0.0582. The van der Waals surface area contributed by atoms with E-state index in [1.165, 1.54) is 0 Å². The molecule has 0 bridgehead atoms. The van der Waals surface area contributed by atoms with E-state index in [-0.39, 0.29) is 18.5 Å². The lowest BCUT2D eigenvalue weighted by Crippen LogP contribution is -2.35. The van der Waals surface area contributed by atoms with Gasteiger partial charge < -0.3 is 20.9 Å². The monoisotopic (exact) mass is 237 g/mol. The summed E-state index contributed by atoms with van der Waals surface area (Å²) in [5, 5.41) is 20.9. The van der Waals surface area contributed by atoms with Crippen molar-refractivity contribution in [1.29, 1.82) is 0 Å². The highest BCUT2D eigenvalue weighted by atomic mass is 16.4. The Morgan fingerprint density at radius 2 is 2.06 bits per heavy atom. The van der Waals surface area contributed by atoms with Gasteiger partial charge >= 0.3 is 0 Å². The number of nitrogens with two attached hydrogens (primary N) is 1. The third kappa shape index (κ3) is 3.10. The quantitative estimate of drug-likeness (QED) is 0.309. The maximum absolute atomic E-state index is 9.08. The second-order valence-corrected chi connectivity index (χ2v) is 4.01. The van der Waals surface area contributed by atoms with Crippen LogP contribution < -0.4 is 10.6 Å². The van der Waals surface area contributed by atoms with Crippen molar-refractivity contribution in [1.82, 2.24) is 0 Å². The van der Waals surface area contributed by atoms with Gasteiger partial charge in [0, 0.05) is 23.8 Å². The van der Waals surface area contributed by atoms with Crippen molar-refractivity contribution >= 4 is 11.5 Å². The molecule has 0 aromatic heterocycles. The number of anilines is 1. The summed E-state index contributed by atoms with van der Waals surface area (Å²) >= 11 is 0. The van der Waals surface area contributed by atoms with Crippen molar-refractivity contribution in [2.75, 3.05) is 18.1 Å². The molecule has 0 fully saturated rings. The van der Waals surface area contributed by atoms with E-state index < -0.39 is 0 Å². The van der Waals surface area contributed by atoms with Crippen LogP contribution in [0.5, 0.6) is 0 Å². The lowest BCUT2D eigenvalue weighted by Gasteiger charge is -2.30. The van der Waals surface area contributed by atoms with Gasteiger partial charge in [-0.2, -0.15) is 0 Å². The first-order valence-electron chi connectivity index (χ1n) is 5.56. The minimum Gasteiger partial charge on any atom is -0.409 e. The molecule has 1 aromatic carbocycles. The van der Waals surface area contributed by atoms with E-state index in [2.05, 4.69) is 5.16 Å². The molecule has 0 unspecified atom stereocenters. The molecule has 94 valence electrons. The minimum atomic E-state index is 0.0582. The number of nitrogens with zero attached hydrogens (tertiary/aromatic N) is 2. The first kappa shape index (κ1) is 13.3. The van der Waals surface area contributed by atoms with Crippen molar-refractivity contribution in [3.05, 3.63) is 29.8 Å². The lowest BCUT2D eigenvalue weighted by atomic mass is 10.1. The molecule has 1 rings (SSSR count). The average molecular weight is 237 g/mol. The summed E-state index contributed by atoms with van der Waals surface area (Å²) in [6, 6.07) is 7.61. The molecule has 0 saturated carbocycles. The Hall–Kier alpha value is -1.75. The van der Waals surface area contributed by atoms with E-state index in [1.54, 1.807) is 6.07 Å². The predicted molar refractivity (Wildman–Crippen MR) is 68.5 cm³/mol. The van der Waals surface area contributed by atoms with Gasteiger partial charge in [-0.3, -0.25) is 0 Å². The van der Waals surface area contributed by atoms with Gasteiger partial charge in [0.25, 0.3) is 0 Å². The highest BCUT2D eigenvalue weighted by molar-refractivity contribution is 6.02. The van der Waals surface area contributed by atoms with Crippen LogP contribution in [0.1, 0.15) is 19.4 Å². The maximum atomic E-state index is 9.08. The fraction of sp³-hybridized carbons (Fsp3) is 0.417. The van der Waals surface area contributed by atoms with Crippen LogP contribution in [0.25, 0.3) is 0 Å². The fourth-order valence-electron chi connectivity index (χ4n) is 1.76. The number of hydrogen-bond acceptors (Lipinski definition) is 4.